The van der Waals surface area contributed by atoms with Gasteiger partial charge in [-0.25, -0.2) is 4.79 Å². The maximum atomic E-state index is 11.4. The van der Waals surface area contributed by atoms with Crippen LogP contribution >= 0.6 is 0 Å². The van der Waals surface area contributed by atoms with Crippen molar-refractivity contribution in [1.82, 2.24) is 0 Å². The van der Waals surface area contributed by atoms with Gasteiger partial charge in [0.25, 0.3) is 10.9 Å². The molecule has 0 aliphatic carbocycles. The summed E-state index contributed by atoms with van der Waals surface area (Å²) in [4.78, 5) is 34.0. The number of unbranched alkanes of at least 4 members (excludes halogenated alkanes) is 1. The van der Waals surface area contributed by atoms with E-state index in [9.17, 15) is 14.4 Å². The van der Waals surface area contributed by atoms with Gasteiger partial charge in [-0.05, 0) is 6.42 Å². The zero-order valence-electron chi connectivity index (χ0n) is 10.2. The number of carbonyl (C=O) groups is 1. The average molecular weight is 253 g/mol. The Morgan fingerprint density at radius 1 is 1.33 bits per heavy atom. The predicted molar refractivity (Wildman–Crippen MR) is 64.7 cm³/mol. The quantitative estimate of drug-likeness (QED) is 0.443. The Labute approximate surface area is 104 Å². The zero-order chi connectivity index (χ0) is 13.1. The lowest BCUT2D eigenvalue weighted by Crippen LogP contribution is -2.39. The molecule has 1 heterocycles. The minimum atomic E-state index is -0.625. The van der Waals surface area contributed by atoms with Crippen LogP contribution in [0.25, 0.3) is 0 Å². The topological polar surface area (TPSA) is 81.7 Å². The van der Waals surface area contributed by atoms with E-state index in [1.54, 1.807) is 0 Å². The lowest BCUT2D eigenvalue weighted by Gasteiger charge is -2.15. The molecule has 1 aromatic carbocycles. The third-order valence-electron chi connectivity index (χ3n) is 2.86. The fourth-order valence-electron chi connectivity index (χ4n) is 1.76. The SMILES string of the molecule is CCCCOc1c(NC2CCOC2=O)c(=O)c1=O. The van der Waals surface area contributed by atoms with Crippen molar-refractivity contribution in [3.05, 3.63) is 20.4 Å². The average Bonchev–Trinajstić information content (AvgIpc) is 2.78. The first-order valence-electron chi connectivity index (χ1n) is 6.04. The van der Waals surface area contributed by atoms with Crippen LogP contribution in [0.2, 0.25) is 0 Å². The van der Waals surface area contributed by atoms with Crippen LogP contribution in [-0.4, -0.2) is 25.2 Å². The molecule has 1 saturated heterocycles. The number of hydrogen-bond donors (Lipinski definition) is 1. The summed E-state index contributed by atoms with van der Waals surface area (Å²) in [6, 6.07) is -0.554. The highest BCUT2D eigenvalue weighted by Gasteiger charge is 2.31. The summed E-state index contributed by atoms with van der Waals surface area (Å²) in [6.07, 6.45) is 2.24. The van der Waals surface area contributed by atoms with Gasteiger partial charge in [-0.15, -0.1) is 0 Å². The standard InChI is InChI=1S/C12H15NO5/c1-2-3-5-17-11-8(9(14)10(11)15)13-7-4-6-18-12(7)16/h7,13H,2-6H2,1H3. The van der Waals surface area contributed by atoms with Gasteiger partial charge in [-0.3, -0.25) is 9.59 Å². The third-order valence-corrected chi connectivity index (χ3v) is 2.86. The monoisotopic (exact) mass is 253 g/mol. The van der Waals surface area contributed by atoms with E-state index < -0.39 is 22.9 Å². The molecule has 18 heavy (non-hydrogen) atoms. The molecule has 2 rings (SSSR count). The first kappa shape index (κ1) is 12.6. The molecule has 1 fully saturated rings. The molecule has 0 spiro atoms. The first-order chi connectivity index (χ1) is 8.65. The lowest BCUT2D eigenvalue weighted by molar-refractivity contribution is -0.138. The first-order valence-corrected chi connectivity index (χ1v) is 6.04. The lowest BCUT2D eigenvalue weighted by atomic mass is 10.1. The van der Waals surface area contributed by atoms with E-state index in [-0.39, 0.29) is 11.4 Å². The number of anilines is 1. The van der Waals surface area contributed by atoms with E-state index in [4.69, 9.17) is 9.47 Å². The van der Waals surface area contributed by atoms with Crippen molar-refractivity contribution in [2.24, 2.45) is 0 Å². The molecule has 0 amide bonds. The number of nitrogens with one attached hydrogen (secondary N) is 1. The molecule has 0 aromatic heterocycles. The van der Waals surface area contributed by atoms with Gasteiger partial charge >= 0.3 is 5.97 Å². The molecule has 0 saturated carbocycles. The highest BCUT2D eigenvalue weighted by molar-refractivity contribution is 5.82. The molecular weight excluding hydrogens is 238 g/mol. The molecule has 6 nitrogen and oxygen atoms in total. The highest BCUT2D eigenvalue weighted by atomic mass is 16.5. The van der Waals surface area contributed by atoms with Gasteiger partial charge < -0.3 is 14.8 Å². The molecule has 1 aromatic rings. The molecule has 98 valence electrons. The van der Waals surface area contributed by atoms with E-state index >= 15 is 0 Å². The normalized spacial score (nSPS) is 18.9. The Kier molecular flexibility index (Phi) is 3.64. The van der Waals surface area contributed by atoms with Crippen molar-refractivity contribution in [3.8, 4) is 5.75 Å². The number of esters is 1. The van der Waals surface area contributed by atoms with Gasteiger partial charge in [0.15, 0.2) is 5.75 Å². The third kappa shape index (κ3) is 2.23. The molecular formula is C12H15NO5. The van der Waals surface area contributed by atoms with Gasteiger partial charge in [0, 0.05) is 6.42 Å². The number of cyclic esters (lactones) is 1. The van der Waals surface area contributed by atoms with Crippen LogP contribution in [0.3, 0.4) is 0 Å². The Hall–Kier alpha value is -1.85. The van der Waals surface area contributed by atoms with E-state index in [0.717, 1.165) is 12.8 Å². The van der Waals surface area contributed by atoms with Crippen LogP contribution in [0, 0.1) is 0 Å². The summed E-state index contributed by atoms with van der Waals surface area (Å²) in [5, 5.41) is 2.73. The second-order valence-electron chi connectivity index (χ2n) is 4.22. The van der Waals surface area contributed by atoms with Crippen molar-refractivity contribution in [1.29, 1.82) is 0 Å². The number of carbonyl (C=O) groups excluding carboxylic acids is 1. The van der Waals surface area contributed by atoms with Crippen LogP contribution in [-0.2, 0) is 9.53 Å². The summed E-state index contributed by atoms with van der Waals surface area (Å²) in [5.74, 6) is -0.351. The second-order valence-corrected chi connectivity index (χ2v) is 4.22. The summed E-state index contributed by atoms with van der Waals surface area (Å²) < 4.78 is 10.0. The zero-order valence-corrected chi connectivity index (χ0v) is 10.2. The molecule has 0 radical (unpaired) electrons. The number of hydrogen-bond acceptors (Lipinski definition) is 6. The second kappa shape index (κ2) is 5.20. The van der Waals surface area contributed by atoms with Gasteiger partial charge in [0.1, 0.15) is 11.7 Å². The van der Waals surface area contributed by atoms with Crippen molar-refractivity contribution in [2.45, 2.75) is 32.2 Å². The maximum Gasteiger partial charge on any atom is 0.328 e. The minimum absolute atomic E-state index is 0.0492. The van der Waals surface area contributed by atoms with Gasteiger partial charge in [0.2, 0.25) is 0 Å². The summed E-state index contributed by atoms with van der Waals surface area (Å²) in [5.41, 5.74) is -1.14. The van der Waals surface area contributed by atoms with Crippen LogP contribution < -0.4 is 20.9 Å². The maximum absolute atomic E-state index is 11.4. The molecule has 1 N–H and O–H groups in total. The number of rotatable bonds is 6. The molecule has 6 heteroatoms. The van der Waals surface area contributed by atoms with E-state index in [0.29, 0.717) is 19.6 Å². The molecule has 1 aliphatic heterocycles. The highest BCUT2D eigenvalue weighted by Crippen LogP contribution is 2.21. The Morgan fingerprint density at radius 3 is 2.72 bits per heavy atom. The van der Waals surface area contributed by atoms with Crippen molar-refractivity contribution < 1.29 is 14.3 Å². The van der Waals surface area contributed by atoms with Crippen molar-refractivity contribution in [3.63, 3.8) is 0 Å². The van der Waals surface area contributed by atoms with E-state index in [1.807, 2.05) is 6.92 Å². The number of ether oxygens (including phenoxy) is 2. The van der Waals surface area contributed by atoms with Crippen LogP contribution in [0.1, 0.15) is 26.2 Å². The van der Waals surface area contributed by atoms with Crippen LogP contribution in [0.15, 0.2) is 9.59 Å². The Balaban J connectivity index is 2.04. The van der Waals surface area contributed by atoms with Crippen LogP contribution in [0.5, 0.6) is 5.75 Å². The van der Waals surface area contributed by atoms with Crippen molar-refractivity contribution in [2.75, 3.05) is 18.5 Å². The molecule has 1 atom stereocenters. The largest absolute Gasteiger partial charge is 0.487 e. The molecule has 1 aliphatic rings. The fraction of sp³-hybridized carbons (Fsp3) is 0.583. The predicted octanol–water partition coefficient (Wildman–Crippen LogP) is 0.189. The Morgan fingerprint density at radius 2 is 2.11 bits per heavy atom. The summed E-state index contributed by atoms with van der Waals surface area (Å²) in [6.45, 7) is 2.72. The van der Waals surface area contributed by atoms with E-state index in [1.165, 1.54) is 0 Å². The van der Waals surface area contributed by atoms with Gasteiger partial charge in [-0.1, -0.05) is 13.3 Å². The van der Waals surface area contributed by atoms with Crippen LogP contribution in [0.4, 0.5) is 5.69 Å². The smallest absolute Gasteiger partial charge is 0.328 e. The van der Waals surface area contributed by atoms with E-state index in [2.05, 4.69) is 5.32 Å². The van der Waals surface area contributed by atoms with Gasteiger partial charge in [-0.2, -0.15) is 0 Å². The summed E-state index contributed by atoms with van der Waals surface area (Å²) >= 11 is 0. The van der Waals surface area contributed by atoms with Gasteiger partial charge in [0.05, 0.1) is 13.2 Å². The Bertz CT molecular complexity index is 515. The molecule has 0 bridgehead atoms. The fourth-order valence-corrected chi connectivity index (χ4v) is 1.76. The van der Waals surface area contributed by atoms with Crippen molar-refractivity contribution >= 4 is 11.7 Å². The minimum Gasteiger partial charge on any atom is -0.487 e. The molecule has 1 unspecified atom stereocenters. The summed E-state index contributed by atoms with van der Waals surface area (Å²) in [7, 11) is 0.